The number of hydrogen-bond donors (Lipinski definition) is 0. The summed E-state index contributed by atoms with van der Waals surface area (Å²) in [7, 11) is 0. The molecule has 0 heterocycles. The fraction of sp³-hybridized carbons (Fsp3) is 0.455. The molecule has 0 aliphatic carbocycles. The van der Waals surface area contributed by atoms with Gasteiger partial charge in [0.15, 0.2) is 0 Å². The lowest BCUT2D eigenvalue weighted by molar-refractivity contribution is 0.689. The minimum Gasteiger partial charge on any atom is -0.231 e. The number of thioether (sulfide) groups is 1. The second kappa shape index (κ2) is 6.98. The van der Waals surface area contributed by atoms with Gasteiger partial charge in [-0.15, -0.1) is 11.8 Å². The second-order valence-electron chi connectivity index (χ2n) is 2.89. The van der Waals surface area contributed by atoms with Crippen molar-refractivity contribution in [2.45, 2.75) is 24.7 Å². The Kier molecular flexibility index (Phi) is 5.70. The van der Waals surface area contributed by atoms with E-state index in [4.69, 9.17) is 0 Å². The number of unbranched alkanes of at least 4 members (excludes halogenated alkanes) is 1. The normalized spacial score (nSPS) is 10.2. The molecule has 0 fully saturated rings. The van der Waals surface area contributed by atoms with Gasteiger partial charge in [0.25, 0.3) is 0 Å². The summed E-state index contributed by atoms with van der Waals surface area (Å²) in [6.45, 7) is 3.20. The van der Waals surface area contributed by atoms with Crippen LogP contribution in [0, 0.1) is 0 Å². The first-order chi connectivity index (χ1) is 6.43. The second-order valence-corrected chi connectivity index (χ2v) is 3.91. The molecule has 0 saturated carbocycles. The molecule has 0 aromatic heterocycles. The molecule has 0 aliphatic rings. The molecule has 1 aromatic carbocycles. The highest BCUT2D eigenvalue weighted by Gasteiger charge is 1.91. The van der Waals surface area contributed by atoms with Crippen molar-refractivity contribution in [3.05, 3.63) is 30.3 Å². The quantitative estimate of drug-likeness (QED) is 0.501. The van der Waals surface area contributed by atoms with Crippen LogP contribution < -0.4 is 5.32 Å². The summed E-state index contributed by atoms with van der Waals surface area (Å²) in [6, 6.07) is 10.4. The molecule has 1 rings (SSSR count). The first kappa shape index (κ1) is 10.6. The molecule has 0 unspecified atom stereocenters. The standard InChI is InChI=1S/C11H16NS/c1-2-3-9-12-10-13-11-7-5-4-6-8-11/h4-8H,2-3,9-10H2,1H3. The molecule has 71 valence electrons. The third-order valence-corrected chi connectivity index (χ3v) is 2.65. The van der Waals surface area contributed by atoms with Gasteiger partial charge in [0.1, 0.15) is 0 Å². The molecule has 1 aromatic rings. The summed E-state index contributed by atoms with van der Waals surface area (Å²) >= 11 is 1.80. The topological polar surface area (TPSA) is 14.1 Å². The SMILES string of the molecule is CCCC[N]CSc1ccccc1. The average Bonchev–Trinajstić information content (AvgIpc) is 2.19. The smallest absolute Gasteiger partial charge is 0.0637 e. The van der Waals surface area contributed by atoms with Crippen LogP contribution in [0.3, 0.4) is 0 Å². The minimum atomic E-state index is 0.893. The highest BCUT2D eigenvalue weighted by atomic mass is 32.2. The van der Waals surface area contributed by atoms with E-state index in [9.17, 15) is 0 Å². The van der Waals surface area contributed by atoms with Gasteiger partial charge >= 0.3 is 0 Å². The van der Waals surface area contributed by atoms with Crippen molar-refractivity contribution in [3.8, 4) is 0 Å². The number of rotatable bonds is 6. The molecule has 0 saturated heterocycles. The van der Waals surface area contributed by atoms with Crippen LogP contribution in [0.5, 0.6) is 0 Å². The third kappa shape index (κ3) is 4.96. The molecule has 0 N–H and O–H groups in total. The van der Waals surface area contributed by atoms with E-state index in [1.165, 1.54) is 17.7 Å². The van der Waals surface area contributed by atoms with Crippen LogP contribution in [-0.4, -0.2) is 12.4 Å². The first-order valence-corrected chi connectivity index (χ1v) is 5.73. The van der Waals surface area contributed by atoms with Gasteiger partial charge in [-0.25, -0.2) is 5.32 Å². The summed E-state index contributed by atoms with van der Waals surface area (Å²) in [6.07, 6.45) is 2.45. The van der Waals surface area contributed by atoms with Gasteiger partial charge in [-0.3, -0.25) is 0 Å². The van der Waals surface area contributed by atoms with Gasteiger partial charge in [0.2, 0.25) is 0 Å². The van der Waals surface area contributed by atoms with E-state index in [0.717, 1.165) is 12.4 Å². The van der Waals surface area contributed by atoms with Gasteiger partial charge in [-0.2, -0.15) is 0 Å². The lowest BCUT2D eigenvalue weighted by atomic mass is 10.3. The summed E-state index contributed by atoms with van der Waals surface area (Å²) in [5.41, 5.74) is 0. The van der Waals surface area contributed by atoms with E-state index in [1.807, 2.05) is 6.07 Å². The monoisotopic (exact) mass is 194 g/mol. The zero-order valence-corrected chi connectivity index (χ0v) is 8.89. The third-order valence-electron chi connectivity index (χ3n) is 1.74. The Morgan fingerprint density at radius 3 is 2.69 bits per heavy atom. The van der Waals surface area contributed by atoms with Crippen molar-refractivity contribution in [3.63, 3.8) is 0 Å². The van der Waals surface area contributed by atoms with Crippen molar-refractivity contribution >= 4 is 11.8 Å². The van der Waals surface area contributed by atoms with Crippen LogP contribution >= 0.6 is 11.8 Å². The van der Waals surface area contributed by atoms with Gasteiger partial charge in [0, 0.05) is 11.4 Å². The Morgan fingerprint density at radius 2 is 2.00 bits per heavy atom. The van der Waals surface area contributed by atoms with E-state index in [1.54, 1.807) is 11.8 Å². The lowest BCUT2D eigenvalue weighted by Crippen LogP contribution is -2.04. The maximum absolute atomic E-state index is 4.42. The Bertz CT molecular complexity index is 211. The van der Waals surface area contributed by atoms with Gasteiger partial charge in [0.05, 0.1) is 5.88 Å². The zero-order chi connectivity index (χ0) is 9.36. The van der Waals surface area contributed by atoms with Crippen LogP contribution in [0.15, 0.2) is 35.2 Å². The molecule has 0 atom stereocenters. The Morgan fingerprint density at radius 1 is 1.23 bits per heavy atom. The summed E-state index contributed by atoms with van der Waals surface area (Å²) in [4.78, 5) is 1.31. The van der Waals surface area contributed by atoms with Gasteiger partial charge in [-0.05, 0) is 18.6 Å². The van der Waals surface area contributed by atoms with Crippen molar-refractivity contribution in [1.29, 1.82) is 0 Å². The average molecular weight is 194 g/mol. The van der Waals surface area contributed by atoms with Crippen LogP contribution in [0.2, 0.25) is 0 Å². The van der Waals surface area contributed by atoms with Gasteiger partial charge < -0.3 is 0 Å². The van der Waals surface area contributed by atoms with Crippen LogP contribution in [0.1, 0.15) is 19.8 Å². The van der Waals surface area contributed by atoms with Crippen LogP contribution in [0.4, 0.5) is 0 Å². The predicted molar refractivity (Wildman–Crippen MR) is 59.1 cm³/mol. The fourth-order valence-electron chi connectivity index (χ4n) is 0.971. The summed E-state index contributed by atoms with van der Waals surface area (Å²) in [5.74, 6) is 0.893. The highest BCUT2D eigenvalue weighted by Crippen LogP contribution is 2.15. The molecule has 1 nitrogen and oxygen atoms in total. The Hall–Kier alpha value is -0.470. The van der Waals surface area contributed by atoms with E-state index in [2.05, 4.69) is 36.5 Å². The Balaban J connectivity index is 2.07. The molecule has 0 bridgehead atoms. The van der Waals surface area contributed by atoms with E-state index in [0.29, 0.717) is 0 Å². The summed E-state index contributed by atoms with van der Waals surface area (Å²) < 4.78 is 0. The number of nitrogens with zero attached hydrogens (tertiary/aromatic N) is 1. The van der Waals surface area contributed by atoms with Crippen molar-refractivity contribution in [1.82, 2.24) is 5.32 Å². The molecule has 1 radical (unpaired) electrons. The number of hydrogen-bond acceptors (Lipinski definition) is 1. The van der Waals surface area contributed by atoms with Crippen LogP contribution in [0.25, 0.3) is 0 Å². The van der Waals surface area contributed by atoms with Gasteiger partial charge in [-0.1, -0.05) is 31.5 Å². The minimum absolute atomic E-state index is 0.893. The molecule has 13 heavy (non-hydrogen) atoms. The predicted octanol–water partition coefficient (Wildman–Crippen LogP) is 3.14. The molecular formula is C11H16NS. The maximum Gasteiger partial charge on any atom is 0.0637 e. The largest absolute Gasteiger partial charge is 0.231 e. The van der Waals surface area contributed by atoms with Crippen molar-refractivity contribution in [2.75, 3.05) is 12.4 Å². The van der Waals surface area contributed by atoms with Crippen molar-refractivity contribution < 1.29 is 0 Å². The molecule has 0 spiro atoms. The first-order valence-electron chi connectivity index (χ1n) is 4.74. The lowest BCUT2D eigenvalue weighted by Gasteiger charge is -2.00. The Labute approximate surface area is 84.9 Å². The van der Waals surface area contributed by atoms with Crippen molar-refractivity contribution in [2.24, 2.45) is 0 Å². The number of benzene rings is 1. The molecular weight excluding hydrogens is 178 g/mol. The molecule has 0 aliphatic heterocycles. The van der Waals surface area contributed by atoms with E-state index < -0.39 is 0 Å². The molecule has 0 amide bonds. The van der Waals surface area contributed by atoms with Crippen LogP contribution in [-0.2, 0) is 0 Å². The highest BCUT2D eigenvalue weighted by molar-refractivity contribution is 7.99. The van der Waals surface area contributed by atoms with E-state index >= 15 is 0 Å². The summed E-state index contributed by atoms with van der Waals surface area (Å²) in [5, 5.41) is 4.42. The fourth-order valence-corrected chi connectivity index (χ4v) is 1.69. The zero-order valence-electron chi connectivity index (χ0n) is 8.07. The molecule has 2 heteroatoms. The van der Waals surface area contributed by atoms with E-state index in [-0.39, 0.29) is 0 Å². The maximum atomic E-state index is 4.42.